The molecule has 0 aliphatic rings. The van der Waals surface area contributed by atoms with Crippen LogP contribution in [0.3, 0.4) is 0 Å². The molecule has 0 radical (unpaired) electrons. The summed E-state index contributed by atoms with van der Waals surface area (Å²) in [6.07, 6.45) is 5.84. The number of aliphatic hydroxyl groups is 1. The fraction of sp³-hybridized carbons (Fsp3) is 0.0312. The predicted molar refractivity (Wildman–Crippen MR) is 163 cm³/mol. The van der Waals surface area contributed by atoms with Gasteiger partial charge in [0.15, 0.2) is 5.78 Å². The lowest BCUT2D eigenvalue weighted by Gasteiger charge is -2.10. The van der Waals surface area contributed by atoms with Crippen molar-refractivity contribution >= 4 is 25.8 Å². The number of carbonyl (C=O) groups excluding carboxylic acids is 1. The van der Waals surface area contributed by atoms with Crippen molar-refractivity contribution in [1.29, 1.82) is 0 Å². The van der Waals surface area contributed by atoms with E-state index in [1.807, 2.05) is 0 Å². The van der Waals surface area contributed by atoms with Crippen LogP contribution in [0.15, 0.2) is 144 Å². The number of aromatic nitrogens is 4. The Morgan fingerprint density at radius 2 is 1.11 bits per heavy atom. The molecule has 4 heterocycles. The van der Waals surface area contributed by atoms with Gasteiger partial charge in [0.1, 0.15) is 15.9 Å². The van der Waals surface area contributed by atoms with Gasteiger partial charge in [0.2, 0.25) is 0 Å². The van der Waals surface area contributed by atoms with E-state index in [0.717, 1.165) is 14.1 Å². The summed E-state index contributed by atoms with van der Waals surface area (Å²) in [6, 6.07) is 25.9. The molecule has 0 spiro atoms. The standard InChI is InChI=1S/C32H24N4O6S2/c37-31(25-17-29(23-9-3-1-4-10-23)35(21-25)43(39,40)27-13-7-15-33-19-27)32(38)26-18-30(24-11-5-2-6-12-24)36(22-26)44(41,42)28-14-8-16-34-20-28/h1-22,31,37H. The molecule has 0 aliphatic heterocycles. The summed E-state index contributed by atoms with van der Waals surface area (Å²) in [5.41, 5.74) is 1.39. The molecule has 0 fully saturated rings. The smallest absolute Gasteiger partial charge is 0.269 e. The predicted octanol–water partition coefficient (Wildman–Crippen LogP) is 4.80. The summed E-state index contributed by atoms with van der Waals surface area (Å²) in [7, 11) is -8.35. The normalized spacial score (nSPS) is 12.6. The second-order valence-electron chi connectivity index (χ2n) is 9.75. The molecule has 1 atom stereocenters. The first kappa shape index (κ1) is 28.9. The van der Waals surface area contributed by atoms with E-state index in [1.54, 1.807) is 60.7 Å². The first-order valence-electron chi connectivity index (χ1n) is 13.3. The van der Waals surface area contributed by atoms with Crippen LogP contribution >= 0.6 is 0 Å². The van der Waals surface area contributed by atoms with E-state index in [1.165, 1.54) is 67.4 Å². The Labute approximate surface area is 253 Å². The Bertz CT molecular complexity index is 2170. The van der Waals surface area contributed by atoms with E-state index in [2.05, 4.69) is 9.97 Å². The van der Waals surface area contributed by atoms with Crippen molar-refractivity contribution in [2.45, 2.75) is 15.9 Å². The molecule has 10 nitrogen and oxygen atoms in total. The number of aliphatic hydroxyl groups excluding tert-OH is 1. The van der Waals surface area contributed by atoms with Gasteiger partial charge >= 0.3 is 0 Å². The van der Waals surface area contributed by atoms with E-state index in [4.69, 9.17) is 0 Å². The molecular weight excluding hydrogens is 601 g/mol. The van der Waals surface area contributed by atoms with Crippen LogP contribution in [-0.2, 0) is 20.0 Å². The van der Waals surface area contributed by atoms with Gasteiger partial charge in [-0.25, -0.2) is 24.8 Å². The van der Waals surface area contributed by atoms with Gasteiger partial charge < -0.3 is 5.11 Å². The van der Waals surface area contributed by atoms with Gasteiger partial charge in [-0.2, -0.15) is 0 Å². The number of hydrogen-bond acceptors (Lipinski definition) is 8. The van der Waals surface area contributed by atoms with Crippen LogP contribution in [0.1, 0.15) is 22.0 Å². The summed E-state index contributed by atoms with van der Waals surface area (Å²) < 4.78 is 56.5. The lowest BCUT2D eigenvalue weighted by molar-refractivity contribution is 0.0748. The fourth-order valence-electron chi connectivity index (χ4n) is 4.76. The van der Waals surface area contributed by atoms with Crippen LogP contribution in [0.5, 0.6) is 0 Å². The molecule has 220 valence electrons. The zero-order valence-electron chi connectivity index (χ0n) is 22.9. The number of pyridine rings is 2. The fourth-order valence-corrected chi connectivity index (χ4v) is 7.45. The highest BCUT2D eigenvalue weighted by Crippen LogP contribution is 2.33. The summed E-state index contributed by atoms with van der Waals surface area (Å²) in [5.74, 6) is -0.821. The van der Waals surface area contributed by atoms with Crippen molar-refractivity contribution in [2.24, 2.45) is 0 Å². The van der Waals surface area contributed by atoms with Gasteiger partial charge in [0, 0.05) is 48.3 Å². The minimum atomic E-state index is -4.18. The molecule has 12 heteroatoms. The molecule has 0 aliphatic carbocycles. The van der Waals surface area contributed by atoms with E-state index >= 15 is 0 Å². The van der Waals surface area contributed by atoms with Gasteiger partial charge in [0.05, 0.1) is 11.4 Å². The van der Waals surface area contributed by atoms with Crippen LogP contribution in [0.2, 0.25) is 0 Å². The van der Waals surface area contributed by atoms with Crippen LogP contribution in [0.25, 0.3) is 22.5 Å². The SMILES string of the molecule is O=C(c1cc(-c2ccccc2)n(S(=O)(=O)c2cccnc2)c1)C(O)c1cc(-c2ccccc2)n(S(=O)(=O)c2cccnc2)c1. The molecule has 0 bridgehead atoms. The number of carbonyl (C=O) groups is 1. The lowest BCUT2D eigenvalue weighted by Crippen LogP contribution is -2.15. The Hall–Kier alpha value is -5.17. The van der Waals surface area contributed by atoms with E-state index in [-0.39, 0.29) is 32.3 Å². The molecule has 1 unspecified atom stereocenters. The molecule has 4 aromatic heterocycles. The molecule has 1 N–H and O–H groups in total. The zero-order valence-corrected chi connectivity index (χ0v) is 24.5. The Kier molecular flexibility index (Phi) is 7.55. The Morgan fingerprint density at radius 1 is 0.636 bits per heavy atom. The summed E-state index contributed by atoms with van der Waals surface area (Å²) >= 11 is 0. The average Bonchev–Trinajstić information content (AvgIpc) is 3.73. The Balaban J connectivity index is 1.45. The number of rotatable bonds is 9. The maximum absolute atomic E-state index is 13.7. The number of hydrogen-bond donors (Lipinski definition) is 1. The topological polar surface area (TPSA) is 141 Å². The number of ketones is 1. The van der Waals surface area contributed by atoms with Crippen molar-refractivity contribution in [3.8, 4) is 22.5 Å². The Morgan fingerprint density at radius 3 is 1.59 bits per heavy atom. The second-order valence-corrected chi connectivity index (χ2v) is 13.4. The van der Waals surface area contributed by atoms with Crippen LogP contribution < -0.4 is 0 Å². The maximum atomic E-state index is 13.7. The van der Waals surface area contributed by atoms with Crippen molar-refractivity contribution in [3.63, 3.8) is 0 Å². The highest BCUT2D eigenvalue weighted by Gasteiger charge is 2.30. The van der Waals surface area contributed by atoms with Crippen LogP contribution in [0.4, 0.5) is 0 Å². The maximum Gasteiger partial charge on any atom is 0.269 e. The molecule has 6 rings (SSSR count). The molecular formula is C32H24N4O6S2. The van der Waals surface area contributed by atoms with Crippen LogP contribution in [0, 0.1) is 0 Å². The first-order chi connectivity index (χ1) is 21.2. The largest absolute Gasteiger partial charge is 0.380 e. The third-order valence-electron chi connectivity index (χ3n) is 6.96. The second kappa shape index (κ2) is 11.5. The highest BCUT2D eigenvalue weighted by atomic mass is 32.2. The number of nitrogens with zero attached hydrogens (tertiary/aromatic N) is 4. The van der Waals surface area contributed by atoms with Crippen molar-refractivity contribution < 1.29 is 26.7 Å². The first-order valence-corrected chi connectivity index (χ1v) is 16.1. The van der Waals surface area contributed by atoms with Crippen molar-refractivity contribution in [3.05, 3.63) is 145 Å². The lowest BCUT2D eigenvalue weighted by atomic mass is 10.0. The number of Topliss-reactive ketones (excluding diaryl/α,β-unsaturated/α-hetero) is 1. The molecule has 44 heavy (non-hydrogen) atoms. The van der Waals surface area contributed by atoms with Crippen molar-refractivity contribution in [1.82, 2.24) is 17.9 Å². The average molecular weight is 625 g/mol. The highest BCUT2D eigenvalue weighted by molar-refractivity contribution is 7.90. The minimum Gasteiger partial charge on any atom is -0.380 e. The van der Waals surface area contributed by atoms with E-state index in [0.29, 0.717) is 11.1 Å². The monoisotopic (exact) mass is 624 g/mol. The quantitative estimate of drug-likeness (QED) is 0.226. The molecule has 6 aromatic rings. The molecule has 2 aromatic carbocycles. The molecule has 0 saturated carbocycles. The zero-order chi connectivity index (χ0) is 30.9. The van der Waals surface area contributed by atoms with Crippen LogP contribution in [-0.4, -0.2) is 45.6 Å². The van der Waals surface area contributed by atoms with Gasteiger partial charge in [-0.3, -0.25) is 14.8 Å². The van der Waals surface area contributed by atoms with E-state index < -0.39 is 31.9 Å². The third-order valence-corrected chi connectivity index (χ3v) is 10.3. The minimum absolute atomic E-state index is 0.00504. The van der Waals surface area contributed by atoms with Gasteiger partial charge in [0.25, 0.3) is 20.0 Å². The summed E-state index contributed by atoms with van der Waals surface area (Å²) in [6.45, 7) is 0. The third kappa shape index (κ3) is 5.26. The molecule has 0 saturated heterocycles. The van der Waals surface area contributed by atoms with Gasteiger partial charge in [-0.1, -0.05) is 60.7 Å². The molecule has 0 amide bonds. The van der Waals surface area contributed by atoms with Gasteiger partial charge in [-0.05, 0) is 47.5 Å². The van der Waals surface area contributed by atoms with Gasteiger partial charge in [-0.15, -0.1) is 0 Å². The number of benzene rings is 2. The summed E-state index contributed by atoms with van der Waals surface area (Å²) in [4.78, 5) is 21.4. The van der Waals surface area contributed by atoms with E-state index in [9.17, 15) is 26.7 Å². The summed E-state index contributed by atoms with van der Waals surface area (Å²) in [5, 5.41) is 11.3. The van der Waals surface area contributed by atoms with Crippen molar-refractivity contribution in [2.75, 3.05) is 0 Å².